The van der Waals surface area contributed by atoms with Crippen LogP contribution in [0.15, 0.2) is 49.1 Å². The number of nitrogens with zero attached hydrogens (tertiary/aromatic N) is 6. The van der Waals surface area contributed by atoms with Crippen LogP contribution in [0.2, 0.25) is 0 Å². The van der Waals surface area contributed by atoms with Crippen molar-refractivity contribution in [2.45, 2.75) is 26.1 Å². The van der Waals surface area contributed by atoms with Gasteiger partial charge in [-0.1, -0.05) is 18.2 Å². The lowest BCUT2D eigenvalue weighted by Gasteiger charge is -2.23. The van der Waals surface area contributed by atoms with Crippen molar-refractivity contribution < 1.29 is 9.53 Å². The molecule has 0 aliphatic carbocycles. The van der Waals surface area contributed by atoms with Crippen molar-refractivity contribution in [1.29, 1.82) is 0 Å². The lowest BCUT2D eigenvalue weighted by molar-refractivity contribution is 0.183. The highest BCUT2D eigenvalue weighted by molar-refractivity contribution is 5.74. The molecule has 0 spiro atoms. The summed E-state index contributed by atoms with van der Waals surface area (Å²) in [4.78, 5) is 14.3. The molecule has 0 bridgehead atoms. The summed E-state index contributed by atoms with van der Waals surface area (Å²) >= 11 is 0. The fourth-order valence-corrected chi connectivity index (χ4v) is 2.91. The van der Waals surface area contributed by atoms with Crippen LogP contribution in [0.5, 0.6) is 0 Å². The van der Waals surface area contributed by atoms with Crippen LogP contribution >= 0.6 is 0 Å². The lowest BCUT2D eigenvalue weighted by Crippen LogP contribution is -2.39. The van der Waals surface area contributed by atoms with Crippen molar-refractivity contribution in [2.24, 2.45) is 0 Å². The normalized spacial score (nSPS) is 12.0. The summed E-state index contributed by atoms with van der Waals surface area (Å²) in [6, 6.07) is 9.36. The van der Waals surface area contributed by atoms with E-state index < -0.39 is 0 Å². The van der Waals surface area contributed by atoms with Gasteiger partial charge < -0.3 is 19.5 Å². The molecule has 28 heavy (non-hydrogen) atoms. The van der Waals surface area contributed by atoms with Crippen LogP contribution in [0.4, 0.5) is 4.79 Å². The molecule has 2 aromatic heterocycles. The van der Waals surface area contributed by atoms with Crippen molar-refractivity contribution in [1.82, 2.24) is 34.8 Å². The van der Waals surface area contributed by atoms with E-state index in [4.69, 9.17) is 4.74 Å². The molecule has 2 amide bonds. The first-order valence-electron chi connectivity index (χ1n) is 9.06. The van der Waals surface area contributed by atoms with E-state index in [2.05, 4.69) is 20.6 Å². The van der Waals surface area contributed by atoms with Crippen LogP contribution in [0.25, 0.3) is 5.69 Å². The Bertz CT molecular complexity index is 891. The average Bonchev–Trinajstić information content (AvgIpc) is 3.38. The number of carbonyl (C=O) groups is 1. The molecule has 1 aromatic carbocycles. The lowest BCUT2D eigenvalue weighted by atomic mass is 10.1. The number of hydrogen-bond donors (Lipinski definition) is 1. The highest BCUT2D eigenvalue weighted by atomic mass is 16.5. The van der Waals surface area contributed by atoms with E-state index in [-0.39, 0.29) is 12.1 Å². The van der Waals surface area contributed by atoms with Gasteiger partial charge in [-0.2, -0.15) is 5.10 Å². The SMILES string of the molecule is COCCn1cnnc1CN(C)C(=O)N[C@H](C)c1ccccc1-n1cccn1. The Balaban J connectivity index is 1.66. The Morgan fingerprint density at radius 1 is 1.32 bits per heavy atom. The van der Waals surface area contributed by atoms with E-state index in [0.29, 0.717) is 25.5 Å². The van der Waals surface area contributed by atoms with Crippen molar-refractivity contribution in [3.8, 4) is 5.69 Å². The standard InChI is InChI=1S/C19H25N7O2/c1-15(16-7-4-5-8-17(16)26-10-6-9-21-26)22-19(27)24(2)13-18-23-20-14-25(18)11-12-28-3/h4-10,14-15H,11-13H2,1-3H3,(H,22,27)/t15-/m1/s1. The maximum atomic E-state index is 12.7. The maximum absolute atomic E-state index is 12.7. The van der Waals surface area contributed by atoms with Gasteiger partial charge in [0, 0.05) is 33.1 Å². The summed E-state index contributed by atoms with van der Waals surface area (Å²) in [6.45, 7) is 3.50. The van der Waals surface area contributed by atoms with Crippen LogP contribution < -0.4 is 5.32 Å². The molecule has 1 N–H and O–H groups in total. The van der Waals surface area contributed by atoms with E-state index in [1.54, 1.807) is 36.3 Å². The molecule has 3 rings (SSSR count). The first kappa shape index (κ1) is 19.6. The number of rotatable bonds is 8. The van der Waals surface area contributed by atoms with Crippen molar-refractivity contribution >= 4 is 6.03 Å². The number of carbonyl (C=O) groups excluding carboxylic acids is 1. The minimum Gasteiger partial charge on any atom is -0.383 e. The second kappa shape index (κ2) is 9.14. The van der Waals surface area contributed by atoms with E-state index >= 15 is 0 Å². The summed E-state index contributed by atoms with van der Waals surface area (Å²) in [6.07, 6.45) is 5.25. The number of para-hydroxylation sites is 1. The predicted molar refractivity (Wildman–Crippen MR) is 104 cm³/mol. The van der Waals surface area contributed by atoms with Gasteiger partial charge in [0.15, 0.2) is 5.82 Å². The first-order valence-corrected chi connectivity index (χ1v) is 9.06. The van der Waals surface area contributed by atoms with Crippen molar-refractivity contribution in [2.75, 3.05) is 20.8 Å². The Hall–Kier alpha value is -3.20. The van der Waals surface area contributed by atoms with Crippen LogP contribution in [0.3, 0.4) is 0 Å². The summed E-state index contributed by atoms with van der Waals surface area (Å²) in [5.41, 5.74) is 1.92. The molecular weight excluding hydrogens is 358 g/mol. The molecule has 3 aromatic rings. The van der Waals surface area contributed by atoms with Crippen LogP contribution in [-0.2, 0) is 17.8 Å². The van der Waals surface area contributed by atoms with Crippen LogP contribution in [-0.4, -0.2) is 56.2 Å². The zero-order valence-electron chi connectivity index (χ0n) is 16.3. The van der Waals surface area contributed by atoms with Crippen molar-refractivity contribution in [3.63, 3.8) is 0 Å². The number of nitrogens with one attached hydrogen (secondary N) is 1. The van der Waals surface area contributed by atoms with Gasteiger partial charge in [0.1, 0.15) is 6.33 Å². The van der Waals surface area contributed by atoms with Crippen LogP contribution in [0, 0.1) is 0 Å². The van der Waals surface area contributed by atoms with Gasteiger partial charge in [0.25, 0.3) is 0 Å². The number of benzene rings is 1. The number of hydrogen-bond acceptors (Lipinski definition) is 5. The fourth-order valence-electron chi connectivity index (χ4n) is 2.91. The molecule has 0 fully saturated rings. The Morgan fingerprint density at radius 3 is 2.89 bits per heavy atom. The van der Waals surface area contributed by atoms with E-state index in [1.807, 2.05) is 48.0 Å². The molecule has 148 valence electrons. The number of urea groups is 1. The molecule has 9 heteroatoms. The Labute approximate surface area is 163 Å². The third-order valence-electron chi connectivity index (χ3n) is 4.45. The van der Waals surface area contributed by atoms with E-state index in [1.165, 1.54) is 0 Å². The third-order valence-corrected chi connectivity index (χ3v) is 4.45. The summed E-state index contributed by atoms with van der Waals surface area (Å²) in [7, 11) is 3.38. The molecule has 1 atom stereocenters. The molecule has 0 saturated carbocycles. The monoisotopic (exact) mass is 383 g/mol. The summed E-state index contributed by atoms with van der Waals surface area (Å²) in [5, 5.41) is 15.4. The largest absolute Gasteiger partial charge is 0.383 e. The fraction of sp³-hybridized carbons (Fsp3) is 0.368. The topological polar surface area (TPSA) is 90.1 Å². The highest BCUT2D eigenvalue weighted by Crippen LogP contribution is 2.21. The molecule has 0 radical (unpaired) electrons. The number of aromatic nitrogens is 5. The molecule has 2 heterocycles. The van der Waals surface area contributed by atoms with Gasteiger partial charge in [-0.25, -0.2) is 9.48 Å². The molecule has 0 unspecified atom stereocenters. The van der Waals surface area contributed by atoms with Gasteiger partial charge in [-0.15, -0.1) is 10.2 Å². The maximum Gasteiger partial charge on any atom is 0.318 e. The smallest absolute Gasteiger partial charge is 0.318 e. The number of methoxy groups -OCH3 is 1. The Kier molecular flexibility index (Phi) is 6.38. The van der Waals surface area contributed by atoms with Gasteiger partial charge in [-0.3, -0.25) is 0 Å². The number of ether oxygens (including phenoxy) is 1. The minimum absolute atomic E-state index is 0.191. The molecule has 0 aliphatic heterocycles. The molecular formula is C19H25N7O2. The highest BCUT2D eigenvalue weighted by Gasteiger charge is 2.18. The van der Waals surface area contributed by atoms with E-state index in [9.17, 15) is 4.79 Å². The minimum atomic E-state index is -0.193. The van der Waals surface area contributed by atoms with Gasteiger partial charge in [0.05, 0.1) is 24.9 Å². The summed E-state index contributed by atoms with van der Waals surface area (Å²) in [5.74, 6) is 0.708. The zero-order valence-corrected chi connectivity index (χ0v) is 16.3. The third kappa shape index (κ3) is 4.55. The Morgan fingerprint density at radius 2 is 2.14 bits per heavy atom. The van der Waals surface area contributed by atoms with Crippen LogP contribution in [0.1, 0.15) is 24.4 Å². The first-order chi connectivity index (χ1) is 13.6. The summed E-state index contributed by atoms with van der Waals surface area (Å²) < 4.78 is 8.76. The van der Waals surface area contributed by atoms with E-state index in [0.717, 1.165) is 11.3 Å². The number of amides is 2. The van der Waals surface area contributed by atoms with Gasteiger partial charge in [-0.05, 0) is 24.6 Å². The second-order valence-electron chi connectivity index (χ2n) is 6.47. The quantitative estimate of drug-likeness (QED) is 0.643. The second-order valence-corrected chi connectivity index (χ2v) is 6.47. The zero-order chi connectivity index (χ0) is 19.9. The van der Waals surface area contributed by atoms with Crippen molar-refractivity contribution in [3.05, 3.63) is 60.4 Å². The average molecular weight is 383 g/mol. The van der Waals surface area contributed by atoms with Gasteiger partial charge >= 0.3 is 6.03 Å². The molecule has 0 aliphatic rings. The molecule has 0 saturated heterocycles. The predicted octanol–water partition coefficient (Wildman–Crippen LogP) is 2.01. The van der Waals surface area contributed by atoms with Gasteiger partial charge in [0.2, 0.25) is 0 Å². The molecule has 9 nitrogen and oxygen atoms in total.